The molecule has 0 aliphatic carbocycles. The number of rotatable bonds is 3. The van der Waals surface area contributed by atoms with Gasteiger partial charge in [0.1, 0.15) is 0 Å². The second-order valence-electron chi connectivity index (χ2n) is 5.33. The number of aliphatic hydroxyl groups is 1. The van der Waals surface area contributed by atoms with Crippen molar-refractivity contribution in [1.82, 2.24) is 14.7 Å². The number of carbonyl (C=O) groups excluding carboxylic acids is 1. The Kier molecular flexibility index (Phi) is 4.38. The fourth-order valence-electron chi connectivity index (χ4n) is 2.57. The number of halogens is 2. The first-order chi connectivity index (χ1) is 10.6. The molecule has 3 rings (SSSR count). The molecule has 1 aromatic heterocycles. The van der Waals surface area contributed by atoms with E-state index in [0.29, 0.717) is 34.5 Å². The van der Waals surface area contributed by atoms with Crippen LogP contribution >= 0.6 is 23.2 Å². The van der Waals surface area contributed by atoms with Crippen molar-refractivity contribution in [1.29, 1.82) is 0 Å². The minimum Gasteiger partial charge on any atom is -0.396 e. The summed E-state index contributed by atoms with van der Waals surface area (Å²) < 4.78 is 1.56. The average molecular weight is 340 g/mol. The van der Waals surface area contributed by atoms with Crippen molar-refractivity contribution in [2.45, 2.75) is 6.42 Å². The van der Waals surface area contributed by atoms with Crippen LogP contribution in [0.3, 0.4) is 0 Å². The third kappa shape index (κ3) is 2.97. The first-order valence-corrected chi connectivity index (χ1v) is 7.75. The number of nitrogens with zero attached hydrogens (tertiary/aromatic N) is 3. The van der Waals surface area contributed by atoms with E-state index < -0.39 is 0 Å². The quantitative estimate of drug-likeness (QED) is 0.935. The summed E-state index contributed by atoms with van der Waals surface area (Å²) in [5.74, 6) is 0.0385. The molecule has 0 saturated carbocycles. The summed E-state index contributed by atoms with van der Waals surface area (Å²) in [4.78, 5) is 14.1. The van der Waals surface area contributed by atoms with Crippen molar-refractivity contribution in [3.8, 4) is 5.69 Å². The number of aliphatic hydroxyl groups excluding tert-OH is 1. The largest absolute Gasteiger partial charge is 0.396 e. The highest BCUT2D eigenvalue weighted by molar-refractivity contribution is 6.35. The molecule has 1 fully saturated rings. The molecule has 1 unspecified atom stereocenters. The van der Waals surface area contributed by atoms with Gasteiger partial charge in [-0.1, -0.05) is 23.2 Å². The van der Waals surface area contributed by atoms with Gasteiger partial charge in [-0.2, -0.15) is 5.10 Å². The van der Waals surface area contributed by atoms with Crippen LogP contribution in [0.4, 0.5) is 0 Å². The van der Waals surface area contributed by atoms with Gasteiger partial charge >= 0.3 is 0 Å². The molecule has 1 amide bonds. The summed E-state index contributed by atoms with van der Waals surface area (Å²) in [6.45, 7) is 1.33. The standard InChI is InChI=1S/C15H15Cl2N3O2/c16-11-1-2-14(12(17)7-11)20-6-4-13(18-20)15(22)19-5-3-10(8-19)9-21/h1-2,4,6-7,10,21H,3,5,8-9H2. The third-order valence-electron chi connectivity index (χ3n) is 3.80. The molecule has 1 aliphatic heterocycles. The lowest BCUT2D eigenvalue weighted by Crippen LogP contribution is -2.29. The van der Waals surface area contributed by atoms with E-state index in [1.807, 2.05) is 0 Å². The predicted octanol–water partition coefficient (Wildman–Crippen LogP) is 2.63. The summed E-state index contributed by atoms with van der Waals surface area (Å²) in [5.41, 5.74) is 1.03. The lowest BCUT2D eigenvalue weighted by atomic mass is 10.1. The molecule has 0 spiro atoms. The molecule has 116 valence electrons. The van der Waals surface area contributed by atoms with Crippen molar-refractivity contribution in [3.05, 3.63) is 46.2 Å². The summed E-state index contributed by atoms with van der Waals surface area (Å²) in [6.07, 6.45) is 2.52. The third-order valence-corrected chi connectivity index (χ3v) is 4.33. The number of aromatic nitrogens is 2. The second kappa shape index (κ2) is 6.28. The molecular weight excluding hydrogens is 325 g/mol. The fraction of sp³-hybridized carbons (Fsp3) is 0.333. The number of hydrogen-bond donors (Lipinski definition) is 1. The zero-order chi connectivity index (χ0) is 15.7. The Bertz CT molecular complexity index is 702. The van der Waals surface area contributed by atoms with Crippen LogP contribution in [-0.2, 0) is 0 Å². The van der Waals surface area contributed by atoms with Gasteiger partial charge < -0.3 is 10.0 Å². The maximum absolute atomic E-state index is 12.4. The Balaban J connectivity index is 1.80. The van der Waals surface area contributed by atoms with Crippen LogP contribution in [0.2, 0.25) is 10.0 Å². The number of benzene rings is 1. The Hall–Kier alpha value is -1.56. The number of hydrogen-bond acceptors (Lipinski definition) is 3. The van der Waals surface area contributed by atoms with Gasteiger partial charge in [0.15, 0.2) is 5.69 Å². The van der Waals surface area contributed by atoms with E-state index in [-0.39, 0.29) is 18.4 Å². The number of carbonyl (C=O) groups is 1. The topological polar surface area (TPSA) is 58.4 Å². The van der Waals surface area contributed by atoms with Crippen molar-refractivity contribution < 1.29 is 9.90 Å². The van der Waals surface area contributed by atoms with E-state index in [9.17, 15) is 4.79 Å². The Morgan fingerprint density at radius 3 is 2.86 bits per heavy atom. The highest BCUT2D eigenvalue weighted by Crippen LogP contribution is 2.24. The maximum Gasteiger partial charge on any atom is 0.274 e. The van der Waals surface area contributed by atoms with Crippen LogP contribution in [0, 0.1) is 5.92 Å². The minimum atomic E-state index is -0.125. The van der Waals surface area contributed by atoms with Crippen molar-refractivity contribution in [3.63, 3.8) is 0 Å². The van der Waals surface area contributed by atoms with E-state index in [1.165, 1.54) is 0 Å². The summed E-state index contributed by atoms with van der Waals surface area (Å²) in [5, 5.41) is 14.5. The predicted molar refractivity (Wildman–Crippen MR) is 84.7 cm³/mol. The molecule has 2 heterocycles. The van der Waals surface area contributed by atoms with Gasteiger partial charge in [0, 0.05) is 36.8 Å². The average Bonchev–Trinajstić information content (AvgIpc) is 3.16. The first kappa shape index (κ1) is 15.3. The molecule has 5 nitrogen and oxygen atoms in total. The van der Waals surface area contributed by atoms with E-state index in [0.717, 1.165) is 6.42 Å². The van der Waals surface area contributed by atoms with E-state index in [4.69, 9.17) is 28.3 Å². The molecule has 22 heavy (non-hydrogen) atoms. The van der Waals surface area contributed by atoms with Crippen LogP contribution in [0.25, 0.3) is 5.69 Å². The fourth-order valence-corrected chi connectivity index (χ4v) is 3.06. The molecule has 7 heteroatoms. The van der Waals surface area contributed by atoms with E-state index >= 15 is 0 Å². The summed E-state index contributed by atoms with van der Waals surface area (Å²) in [7, 11) is 0. The number of likely N-dealkylation sites (tertiary alicyclic amines) is 1. The van der Waals surface area contributed by atoms with Crippen LogP contribution < -0.4 is 0 Å². The highest BCUT2D eigenvalue weighted by atomic mass is 35.5. The van der Waals surface area contributed by atoms with Gasteiger partial charge in [-0.25, -0.2) is 4.68 Å². The Morgan fingerprint density at radius 1 is 1.36 bits per heavy atom. The van der Waals surface area contributed by atoms with Crippen LogP contribution in [0.5, 0.6) is 0 Å². The van der Waals surface area contributed by atoms with Crippen molar-refractivity contribution >= 4 is 29.1 Å². The maximum atomic E-state index is 12.4. The lowest BCUT2D eigenvalue weighted by Gasteiger charge is -2.14. The summed E-state index contributed by atoms with van der Waals surface area (Å²) in [6, 6.07) is 6.77. The monoisotopic (exact) mass is 339 g/mol. The van der Waals surface area contributed by atoms with Crippen LogP contribution in [-0.4, -0.2) is 45.4 Å². The molecule has 0 bridgehead atoms. The van der Waals surface area contributed by atoms with Gasteiger partial charge in [-0.15, -0.1) is 0 Å². The molecule has 1 aromatic carbocycles. The second-order valence-corrected chi connectivity index (χ2v) is 6.17. The Labute approximate surface area is 138 Å². The summed E-state index contributed by atoms with van der Waals surface area (Å²) >= 11 is 12.0. The lowest BCUT2D eigenvalue weighted by molar-refractivity contribution is 0.0775. The van der Waals surface area contributed by atoms with Gasteiger partial charge in [-0.3, -0.25) is 4.79 Å². The smallest absolute Gasteiger partial charge is 0.274 e. The molecule has 1 N–H and O–H groups in total. The van der Waals surface area contributed by atoms with Gasteiger partial charge in [0.25, 0.3) is 5.91 Å². The van der Waals surface area contributed by atoms with E-state index in [2.05, 4.69) is 5.10 Å². The Morgan fingerprint density at radius 2 is 2.18 bits per heavy atom. The molecule has 0 radical (unpaired) electrons. The van der Waals surface area contributed by atoms with Crippen molar-refractivity contribution in [2.75, 3.05) is 19.7 Å². The zero-order valence-corrected chi connectivity index (χ0v) is 13.3. The van der Waals surface area contributed by atoms with Crippen LogP contribution in [0.1, 0.15) is 16.9 Å². The first-order valence-electron chi connectivity index (χ1n) is 6.99. The highest BCUT2D eigenvalue weighted by Gasteiger charge is 2.27. The SMILES string of the molecule is O=C(c1ccn(-c2ccc(Cl)cc2Cl)n1)N1CCC(CO)C1. The molecular formula is C15H15Cl2N3O2. The van der Waals surface area contributed by atoms with Crippen molar-refractivity contribution in [2.24, 2.45) is 5.92 Å². The minimum absolute atomic E-state index is 0.110. The van der Waals surface area contributed by atoms with Gasteiger partial charge in [0.05, 0.1) is 10.7 Å². The molecule has 1 atom stereocenters. The molecule has 1 saturated heterocycles. The van der Waals surface area contributed by atoms with Crippen LogP contribution in [0.15, 0.2) is 30.5 Å². The van der Waals surface area contributed by atoms with Gasteiger partial charge in [0.2, 0.25) is 0 Å². The normalized spacial score (nSPS) is 18.0. The molecule has 1 aliphatic rings. The van der Waals surface area contributed by atoms with Gasteiger partial charge in [-0.05, 0) is 30.7 Å². The van der Waals surface area contributed by atoms with E-state index in [1.54, 1.807) is 40.0 Å². The molecule has 2 aromatic rings. The zero-order valence-electron chi connectivity index (χ0n) is 11.7. The number of amides is 1.